The lowest BCUT2D eigenvalue weighted by atomic mass is 9.73. The number of nitrogens with zero attached hydrogens (tertiary/aromatic N) is 1. The van der Waals surface area contributed by atoms with Gasteiger partial charge in [0.25, 0.3) is 5.91 Å². The summed E-state index contributed by atoms with van der Waals surface area (Å²) in [5.74, 6) is -0.308. The average molecular weight is 336 g/mol. The molecule has 4 atom stereocenters. The minimum atomic E-state index is -0.263. The van der Waals surface area contributed by atoms with Crippen molar-refractivity contribution in [2.75, 3.05) is 6.54 Å². The second kappa shape index (κ2) is 5.22. The summed E-state index contributed by atoms with van der Waals surface area (Å²) < 4.78 is 5.57. The first-order chi connectivity index (χ1) is 12.2. The predicted molar refractivity (Wildman–Crippen MR) is 92.7 cm³/mol. The van der Waals surface area contributed by atoms with Gasteiger partial charge in [-0.3, -0.25) is 4.79 Å². The van der Waals surface area contributed by atoms with Gasteiger partial charge in [-0.25, -0.2) is 0 Å². The molecule has 0 saturated carbocycles. The Balaban J connectivity index is 1.62. The Morgan fingerprint density at radius 3 is 3.00 bits per heavy atom. The number of ether oxygens (including phenoxy) is 1. The van der Waals surface area contributed by atoms with Crippen LogP contribution in [0.5, 0.6) is 0 Å². The summed E-state index contributed by atoms with van der Waals surface area (Å²) in [7, 11) is 0. The molecule has 5 nitrogen and oxygen atoms in total. The molecule has 1 N–H and O–H groups in total. The Labute approximate surface area is 145 Å². The lowest BCUT2D eigenvalue weighted by Crippen LogP contribution is -2.50. The van der Waals surface area contributed by atoms with Gasteiger partial charge in [-0.1, -0.05) is 18.2 Å². The maximum Gasteiger partial charge on any atom is 0.253 e. The average Bonchev–Trinajstić information content (AvgIpc) is 3.01. The summed E-state index contributed by atoms with van der Waals surface area (Å²) in [4.78, 5) is 30.2. The van der Waals surface area contributed by atoms with E-state index in [-0.39, 0.29) is 29.9 Å². The molecule has 25 heavy (non-hydrogen) atoms. The molecule has 5 heteroatoms. The van der Waals surface area contributed by atoms with E-state index in [2.05, 4.69) is 23.2 Å². The summed E-state index contributed by atoms with van der Waals surface area (Å²) >= 11 is 0. The molecule has 3 aliphatic rings. The number of piperidine rings is 1. The van der Waals surface area contributed by atoms with Gasteiger partial charge in [-0.15, -0.1) is 0 Å². The van der Waals surface area contributed by atoms with Crippen LogP contribution in [0.25, 0.3) is 10.9 Å². The highest BCUT2D eigenvalue weighted by Gasteiger charge is 2.47. The Morgan fingerprint density at radius 1 is 1.32 bits per heavy atom. The van der Waals surface area contributed by atoms with E-state index < -0.39 is 0 Å². The number of carbonyl (C=O) groups excluding carboxylic acids is 2. The predicted octanol–water partition coefficient (Wildman–Crippen LogP) is 2.73. The number of benzene rings is 1. The molecule has 128 valence electrons. The number of aldehydes is 1. The maximum absolute atomic E-state index is 13.0. The highest BCUT2D eigenvalue weighted by molar-refractivity contribution is 5.96. The minimum absolute atomic E-state index is 0.0125. The monoisotopic (exact) mass is 336 g/mol. The zero-order valence-corrected chi connectivity index (χ0v) is 14.1. The smallest absolute Gasteiger partial charge is 0.253 e. The van der Waals surface area contributed by atoms with Crippen molar-refractivity contribution >= 4 is 23.1 Å². The summed E-state index contributed by atoms with van der Waals surface area (Å²) in [6.45, 7) is 2.61. The molecule has 1 amide bonds. The fourth-order valence-corrected chi connectivity index (χ4v) is 4.80. The molecule has 1 fully saturated rings. The van der Waals surface area contributed by atoms with Gasteiger partial charge in [0.05, 0.1) is 23.8 Å². The van der Waals surface area contributed by atoms with Crippen LogP contribution in [-0.4, -0.2) is 34.7 Å². The molecular formula is C20H20N2O3. The summed E-state index contributed by atoms with van der Waals surface area (Å²) in [5.41, 5.74) is 4.24. The Hall–Kier alpha value is -2.56. The van der Waals surface area contributed by atoms with Crippen molar-refractivity contribution in [3.8, 4) is 0 Å². The summed E-state index contributed by atoms with van der Waals surface area (Å²) in [6, 6.07) is 8.31. The van der Waals surface area contributed by atoms with Crippen molar-refractivity contribution in [3.05, 3.63) is 47.4 Å². The summed E-state index contributed by atoms with van der Waals surface area (Å²) in [5, 5.41) is 1.25. The van der Waals surface area contributed by atoms with E-state index in [4.69, 9.17) is 4.74 Å². The molecule has 2 aromatic rings. The number of H-pyrrole nitrogens is 1. The van der Waals surface area contributed by atoms with Crippen molar-refractivity contribution in [1.29, 1.82) is 0 Å². The normalized spacial score (nSPS) is 30.8. The van der Waals surface area contributed by atoms with Crippen LogP contribution in [0.3, 0.4) is 0 Å². The summed E-state index contributed by atoms with van der Waals surface area (Å²) in [6.07, 6.45) is 3.99. The van der Waals surface area contributed by atoms with Gasteiger partial charge in [0, 0.05) is 29.1 Å². The largest absolute Gasteiger partial charge is 0.497 e. The molecular weight excluding hydrogens is 316 g/mol. The number of fused-ring (bicyclic) bond motifs is 6. The SMILES string of the molecule is CC1OC=C2C(=O)N3CCc4c([nH]c5ccccc45)C3C[C@H]2[C@H]1C=O. The number of hydrogen-bond donors (Lipinski definition) is 1. The molecule has 4 heterocycles. The molecule has 1 saturated heterocycles. The molecule has 1 aromatic heterocycles. The van der Waals surface area contributed by atoms with Gasteiger partial charge < -0.3 is 19.4 Å². The van der Waals surface area contributed by atoms with Crippen LogP contribution < -0.4 is 0 Å². The molecule has 0 aliphatic carbocycles. The molecule has 3 aliphatic heterocycles. The third kappa shape index (κ3) is 1.95. The molecule has 5 rings (SSSR count). The number of aromatic nitrogens is 1. The third-order valence-electron chi connectivity index (χ3n) is 6.12. The van der Waals surface area contributed by atoms with Crippen molar-refractivity contribution in [1.82, 2.24) is 9.88 Å². The second-order valence-corrected chi connectivity index (χ2v) is 7.30. The lowest BCUT2D eigenvalue weighted by Gasteiger charge is -2.46. The topological polar surface area (TPSA) is 62.4 Å². The standard InChI is InChI=1S/C20H20N2O3/c1-11-15(9-23)14-8-18-19-13(12-4-2-3-5-17(12)21-19)6-7-22(18)20(24)16(14)10-25-11/h2-5,9-11,14-15,18,21H,6-8H2,1H3/t11?,14-,15-,18?/m0/s1. The van der Waals surface area contributed by atoms with Crippen molar-refractivity contribution in [2.24, 2.45) is 11.8 Å². The molecule has 1 aromatic carbocycles. The van der Waals surface area contributed by atoms with Crippen LogP contribution >= 0.6 is 0 Å². The molecule has 0 radical (unpaired) electrons. The Kier molecular flexibility index (Phi) is 3.08. The quantitative estimate of drug-likeness (QED) is 0.815. The highest BCUT2D eigenvalue weighted by Crippen LogP contribution is 2.47. The first kappa shape index (κ1) is 14.8. The van der Waals surface area contributed by atoms with Crippen LogP contribution in [0, 0.1) is 11.8 Å². The number of aromatic amines is 1. The number of para-hydroxylation sites is 1. The van der Waals surface area contributed by atoms with Gasteiger partial charge in [-0.05, 0) is 31.4 Å². The van der Waals surface area contributed by atoms with Gasteiger partial charge in [-0.2, -0.15) is 0 Å². The Morgan fingerprint density at radius 2 is 2.16 bits per heavy atom. The van der Waals surface area contributed by atoms with Crippen molar-refractivity contribution in [2.45, 2.75) is 31.9 Å². The van der Waals surface area contributed by atoms with E-state index in [0.29, 0.717) is 12.1 Å². The Bertz CT molecular complexity index is 913. The molecule has 2 unspecified atom stereocenters. The van der Waals surface area contributed by atoms with Crippen molar-refractivity contribution in [3.63, 3.8) is 0 Å². The van der Waals surface area contributed by atoms with E-state index in [0.717, 1.165) is 30.3 Å². The van der Waals surface area contributed by atoms with Gasteiger partial charge in [0.15, 0.2) is 0 Å². The van der Waals surface area contributed by atoms with E-state index in [1.54, 1.807) is 6.26 Å². The minimum Gasteiger partial charge on any atom is -0.497 e. The first-order valence-corrected chi connectivity index (χ1v) is 8.90. The van der Waals surface area contributed by atoms with Gasteiger partial charge in [0.2, 0.25) is 0 Å². The van der Waals surface area contributed by atoms with Crippen LogP contribution in [0.2, 0.25) is 0 Å². The molecule has 0 spiro atoms. The van der Waals surface area contributed by atoms with E-state index in [9.17, 15) is 9.59 Å². The number of carbonyl (C=O) groups is 2. The lowest BCUT2D eigenvalue weighted by molar-refractivity contribution is -0.137. The third-order valence-corrected chi connectivity index (χ3v) is 6.12. The second-order valence-electron chi connectivity index (χ2n) is 7.30. The zero-order valence-electron chi connectivity index (χ0n) is 14.1. The zero-order chi connectivity index (χ0) is 17.1. The van der Waals surface area contributed by atoms with Crippen LogP contribution in [0.1, 0.15) is 30.6 Å². The van der Waals surface area contributed by atoms with Gasteiger partial charge in [0.1, 0.15) is 12.4 Å². The molecule has 0 bridgehead atoms. The van der Waals surface area contributed by atoms with Crippen LogP contribution in [-0.2, 0) is 20.7 Å². The first-order valence-electron chi connectivity index (χ1n) is 8.90. The van der Waals surface area contributed by atoms with E-state index in [1.165, 1.54) is 10.9 Å². The fourth-order valence-electron chi connectivity index (χ4n) is 4.80. The number of amides is 1. The van der Waals surface area contributed by atoms with Gasteiger partial charge >= 0.3 is 0 Å². The number of rotatable bonds is 1. The van der Waals surface area contributed by atoms with Crippen LogP contribution in [0.4, 0.5) is 0 Å². The number of nitrogens with one attached hydrogen (secondary N) is 1. The number of hydrogen-bond acceptors (Lipinski definition) is 3. The van der Waals surface area contributed by atoms with E-state index in [1.807, 2.05) is 17.9 Å². The van der Waals surface area contributed by atoms with Crippen LogP contribution in [0.15, 0.2) is 36.1 Å². The van der Waals surface area contributed by atoms with Crippen molar-refractivity contribution < 1.29 is 14.3 Å². The maximum atomic E-state index is 13.0. The highest BCUT2D eigenvalue weighted by atomic mass is 16.5. The fraction of sp³-hybridized carbons (Fsp3) is 0.400. The van der Waals surface area contributed by atoms with E-state index >= 15 is 0 Å².